The van der Waals surface area contributed by atoms with Crippen LogP contribution < -0.4 is 5.73 Å². The van der Waals surface area contributed by atoms with Crippen LogP contribution in [-0.4, -0.2) is 29.6 Å². The molecule has 0 amide bonds. The number of hydrogen-bond acceptors (Lipinski definition) is 5. The third-order valence-corrected chi connectivity index (χ3v) is 4.95. The maximum atomic E-state index is 11.8. The van der Waals surface area contributed by atoms with Gasteiger partial charge in [0.05, 0.1) is 17.2 Å². The summed E-state index contributed by atoms with van der Waals surface area (Å²) in [5, 5.41) is 1.91. The Balaban J connectivity index is 2.12. The minimum Gasteiger partial charge on any atom is -0.327 e. The van der Waals surface area contributed by atoms with E-state index < -0.39 is 9.84 Å². The average molecular weight is 273 g/mol. The van der Waals surface area contributed by atoms with E-state index in [-0.39, 0.29) is 17.5 Å². The standard InChI is InChI=1S/C10H15N3O2S2/c1-2-8(11)6-17(14,15)7-9-5-13-3-4-16-10(13)12-9/h3-5,8H,2,6-7,11H2,1H3. The van der Waals surface area contributed by atoms with Crippen molar-refractivity contribution in [1.82, 2.24) is 9.38 Å². The minimum atomic E-state index is -3.17. The van der Waals surface area contributed by atoms with Crippen LogP contribution in [0.3, 0.4) is 0 Å². The van der Waals surface area contributed by atoms with Crippen LogP contribution in [0, 0.1) is 0 Å². The number of nitrogens with two attached hydrogens (primary N) is 1. The summed E-state index contributed by atoms with van der Waals surface area (Å²) < 4.78 is 25.5. The highest BCUT2D eigenvalue weighted by atomic mass is 32.2. The molecule has 5 nitrogen and oxygen atoms in total. The first-order chi connectivity index (χ1) is 8.00. The second-order valence-corrected chi connectivity index (χ2v) is 7.03. The van der Waals surface area contributed by atoms with Crippen LogP contribution in [0.1, 0.15) is 19.0 Å². The van der Waals surface area contributed by atoms with Gasteiger partial charge in [0.25, 0.3) is 0 Å². The Morgan fingerprint density at radius 3 is 3.00 bits per heavy atom. The molecule has 0 bridgehead atoms. The molecule has 0 fully saturated rings. The van der Waals surface area contributed by atoms with Gasteiger partial charge in [-0.15, -0.1) is 11.3 Å². The molecule has 0 saturated carbocycles. The maximum Gasteiger partial charge on any atom is 0.193 e. The topological polar surface area (TPSA) is 77.5 Å². The Hall–Kier alpha value is -0.920. The van der Waals surface area contributed by atoms with Crippen LogP contribution in [0.25, 0.3) is 4.96 Å². The molecule has 2 aromatic rings. The summed E-state index contributed by atoms with van der Waals surface area (Å²) in [6.45, 7) is 1.88. The number of aromatic nitrogens is 2. The van der Waals surface area contributed by atoms with Crippen LogP contribution in [0.4, 0.5) is 0 Å². The summed E-state index contributed by atoms with van der Waals surface area (Å²) in [4.78, 5) is 5.07. The molecular weight excluding hydrogens is 258 g/mol. The number of hydrogen-bond donors (Lipinski definition) is 1. The summed E-state index contributed by atoms with van der Waals surface area (Å²) in [7, 11) is -3.17. The first-order valence-electron chi connectivity index (χ1n) is 5.37. The summed E-state index contributed by atoms with van der Waals surface area (Å²) in [6.07, 6.45) is 4.28. The maximum absolute atomic E-state index is 11.8. The smallest absolute Gasteiger partial charge is 0.193 e. The second kappa shape index (κ2) is 4.75. The molecule has 7 heteroatoms. The molecule has 0 aliphatic heterocycles. The Morgan fingerprint density at radius 2 is 2.35 bits per heavy atom. The highest BCUT2D eigenvalue weighted by molar-refractivity contribution is 7.90. The molecule has 0 aromatic carbocycles. The lowest BCUT2D eigenvalue weighted by atomic mass is 10.3. The van der Waals surface area contributed by atoms with Gasteiger partial charge < -0.3 is 5.73 Å². The van der Waals surface area contributed by atoms with Crippen molar-refractivity contribution in [3.05, 3.63) is 23.5 Å². The molecule has 1 atom stereocenters. The fraction of sp³-hybridized carbons (Fsp3) is 0.500. The third kappa shape index (κ3) is 3.05. The second-order valence-electron chi connectivity index (χ2n) is 4.05. The molecule has 0 spiro atoms. The molecule has 94 valence electrons. The van der Waals surface area contributed by atoms with Crippen LogP contribution in [0.5, 0.6) is 0 Å². The number of rotatable bonds is 5. The molecule has 0 aliphatic rings. The zero-order valence-corrected chi connectivity index (χ0v) is 11.2. The van der Waals surface area contributed by atoms with Gasteiger partial charge in [-0.2, -0.15) is 0 Å². The van der Waals surface area contributed by atoms with E-state index in [4.69, 9.17) is 5.73 Å². The van der Waals surface area contributed by atoms with Crippen LogP contribution in [0.15, 0.2) is 17.8 Å². The van der Waals surface area contributed by atoms with Gasteiger partial charge in [-0.1, -0.05) is 6.92 Å². The summed E-state index contributed by atoms with van der Waals surface area (Å²) in [6, 6.07) is -0.288. The van der Waals surface area contributed by atoms with Crippen LogP contribution in [-0.2, 0) is 15.6 Å². The molecule has 2 rings (SSSR count). The van der Waals surface area contributed by atoms with Crippen molar-refractivity contribution in [2.75, 3.05) is 5.75 Å². The van der Waals surface area contributed by atoms with Gasteiger partial charge in [0.2, 0.25) is 0 Å². The van der Waals surface area contributed by atoms with Crippen molar-refractivity contribution >= 4 is 26.1 Å². The number of sulfone groups is 1. The van der Waals surface area contributed by atoms with E-state index >= 15 is 0 Å². The fourth-order valence-corrected chi connectivity index (χ4v) is 3.89. The van der Waals surface area contributed by atoms with Gasteiger partial charge in [0.1, 0.15) is 0 Å². The molecule has 0 saturated heterocycles. The molecule has 2 N–H and O–H groups in total. The zero-order valence-electron chi connectivity index (χ0n) is 9.54. The third-order valence-electron chi connectivity index (χ3n) is 2.50. The van der Waals surface area contributed by atoms with E-state index in [0.29, 0.717) is 12.1 Å². The summed E-state index contributed by atoms with van der Waals surface area (Å²) in [5.41, 5.74) is 6.25. The van der Waals surface area contributed by atoms with Crippen LogP contribution in [0.2, 0.25) is 0 Å². The fourth-order valence-electron chi connectivity index (χ4n) is 1.57. The predicted molar refractivity (Wildman–Crippen MR) is 68.8 cm³/mol. The Kier molecular flexibility index (Phi) is 3.50. The summed E-state index contributed by atoms with van der Waals surface area (Å²) >= 11 is 1.48. The normalized spacial score (nSPS) is 14.2. The van der Waals surface area contributed by atoms with E-state index in [0.717, 1.165) is 4.96 Å². The van der Waals surface area contributed by atoms with E-state index in [2.05, 4.69) is 4.98 Å². The van der Waals surface area contributed by atoms with Gasteiger partial charge in [0, 0.05) is 23.8 Å². The van der Waals surface area contributed by atoms with E-state index in [9.17, 15) is 8.42 Å². The molecule has 1 unspecified atom stereocenters. The molecule has 0 aliphatic carbocycles. The van der Waals surface area contributed by atoms with Crippen LogP contribution >= 0.6 is 11.3 Å². The molecule has 2 heterocycles. The number of nitrogens with zero attached hydrogens (tertiary/aromatic N) is 2. The van der Waals surface area contributed by atoms with Gasteiger partial charge in [-0.25, -0.2) is 13.4 Å². The highest BCUT2D eigenvalue weighted by Gasteiger charge is 2.17. The molecule has 2 aromatic heterocycles. The van der Waals surface area contributed by atoms with E-state index in [1.54, 1.807) is 6.20 Å². The van der Waals surface area contributed by atoms with Gasteiger partial charge >= 0.3 is 0 Å². The van der Waals surface area contributed by atoms with E-state index in [1.165, 1.54) is 11.3 Å². The number of thiazole rings is 1. The van der Waals surface area contributed by atoms with Gasteiger partial charge in [0.15, 0.2) is 14.8 Å². The largest absolute Gasteiger partial charge is 0.327 e. The predicted octanol–water partition coefficient (Wildman–Crippen LogP) is 1.05. The highest BCUT2D eigenvalue weighted by Crippen LogP contribution is 2.14. The minimum absolute atomic E-state index is 0.0225. The van der Waals surface area contributed by atoms with Gasteiger partial charge in [-0.3, -0.25) is 4.40 Å². The molecule has 17 heavy (non-hydrogen) atoms. The Labute approximate surface area is 104 Å². The lowest BCUT2D eigenvalue weighted by Gasteiger charge is -2.08. The lowest BCUT2D eigenvalue weighted by molar-refractivity contribution is 0.582. The van der Waals surface area contributed by atoms with Gasteiger partial charge in [-0.05, 0) is 6.42 Å². The van der Waals surface area contributed by atoms with E-state index in [1.807, 2.05) is 22.9 Å². The molecular formula is C10H15N3O2S2. The first-order valence-corrected chi connectivity index (χ1v) is 8.07. The van der Waals surface area contributed by atoms with Crippen molar-refractivity contribution in [3.63, 3.8) is 0 Å². The van der Waals surface area contributed by atoms with Crippen molar-refractivity contribution in [1.29, 1.82) is 0 Å². The molecule has 0 radical (unpaired) electrons. The quantitative estimate of drug-likeness (QED) is 0.883. The van der Waals surface area contributed by atoms with Crippen molar-refractivity contribution in [2.45, 2.75) is 25.1 Å². The summed E-state index contributed by atoms with van der Waals surface area (Å²) in [5.74, 6) is -0.0101. The number of fused-ring (bicyclic) bond motifs is 1. The van der Waals surface area contributed by atoms with Crippen molar-refractivity contribution < 1.29 is 8.42 Å². The Bertz CT molecular complexity index is 571. The lowest BCUT2D eigenvalue weighted by Crippen LogP contribution is -2.29. The van der Waals surface area contributed by atoms with Crippen molar-refractivity contribution in [3.8, 4) is 0 Å². The zero-order chi connectivity index (χ0) is 12.5. The monoisotopic (exact) mass is 273 g/mol. The number of imidazole rings is 1. The SMILES string of the molecule is CCC(N)CS(=O)(=O)Cc1cn2ccsc2n1. The Morgan fingerprint density at radius 1 is 1.59 bits per heavy atom. The average Bonchev–Trinajstić information content (AvgIpc) is 2.75. The first kappa shape index (κ1) is 12.5. The van der Waals surface area contributed by atoms with Crippen molar-refractivity contribution in [2.24, 2.45) is 5.73 Å².